The molecular formula is C13H19NO. The predicted octanol–water partition coefficient (Wildman–Crippen LogP) is 2.71. The second-order valence-electron chi connectivity index (χ2n) is 3.87. The summed E-state index contributed by atoms with van der Waals surface area (Å²) in [7, 11) is 0. The van der Waals surface area contributed by atoms with Crippen LogP contribution in [0.5, 0.6) is 0 Å². The van der Waals surface area contributed by atoms with Crippen LogP contribution in [0, 0.1) is 0 Å². The molecule has 1 atom stereocenters. The monoisotopic (exact) mass is 205 g/mol. The second-order valence-corrected chi connectivity index (χ2v) is 3.87. The Hall–Kier alpha value is -1.31. The highest BCUT2D eigenvalue weighted by molar-refractivity contribution is 5.75. The van der Waals surface area contributed by atoms with Crippen molar-refractivity contribution in [3.8, 4) is 0 Å². The van der Waals surface area contributed by atoms with Crippen molar-refractivity contribution < 1.29 is 4.79 Å². The van der Waals surface area contributed by atoms with Crippen LogP contribution in [0.3, 0.4) is 0 Å². The van der Waals surface area contributed by atoms with Gasteiger partial charge in [0.25, 0.3) is 0 Å². The zero-order valence-electron chi connectivity index (χ0n) is 9.49. The van der Waals surface area contributed by atoms with Crippen LogP contribution < -0.4 is 5.32 Å². The lowest BCUT2D eigenvalue weighted by Crippen LogP contribution is -2.26. The van der Waals surface area contributed by atoms with Gasteiger partial charge in [-0.15, -0.1) is 0 Å². The number of amides is 1. The molecule has 0 aromatic heterocycles. The van der Waals surface area contributed by atoms with E-state index >= 15 is 0 Å². The van der Waals surface area contributed by atoms with E-state index in [0.29, 0.717) is 12.3 Å². The van der Waals surface area contributed by atoms with Gasteiger partial charge < -0.3 is 5.32 Å². The average molecular weight is 205 g/mol. The van der Waals surface area contributed by atoms with Crippen molar-refractivity contribution in [2.75, 3.05) is 6.54 Å². The highest BCUT2D eigenvalue weighted by atomic mass is 16.1. The van der Waals surface area contributed by atoms with E-state index in [0.717, 1.165) is 13.0 Å². The van der Waals surface area contributed by atoms with Crippen molar-refractivity contribution in [1.82, 2.24) is 5.32 Å². The molecule has 1 N–H and O–H groups in total. The fourth-order valence-corrected chi connectivity index (χ4v) is 1.48. The van der Waals surface area contributed by atoms with Crippen LogP contribution in [0.15, 0.2) is 30.3 Å². The van der Waals surface area contributed by atoms with Gasteiger partial charge in [-0.3, -0.25) is 4.79 Å². The van der Waals surface area contributed by atoms with E-state index in [1.807, 2.05) is 25.1 Å². The Bertz CT molecular complexity index is 295. The van der Waals surface area contributed by atoms with Crippen molar-refractivity contribution in [2.24, 2.45) is 0 Å². The van der Waals surface area contributed by atoms with Gasteiger partial charge in [-0.05, 0) is 17.9 Å². The fourth-order valence-electron chi connectivity index (χ4n) is 1.48. The zero-order chi connectivity index (χ0) is 11.1. The smallest absolute Gasteiger partial charge is 0.220 e. The first kappa shape index (κ1) is 11.8. The van der Waals surface area contributed by atoms with Crippen molar-refractivity contribution >= 4 is 5.91 Å². The molecule has 0 radical (unpaired) electrons. The van der Waals surface area contributed by atoms with Crippen LogP contribution >= 0.6 is 0 Å². The van der Waals surface area contributed by atoms with Gasteiger partial charge in [0.1, 0.15) is 0 Å². The Kier molecular flexibility index (Phi) is 4.88. The Morgan fingerprint density at radius 1 is 1.33 bits per heavy atom. The first-order valence-corrected chi connectivity index (χ1v) is 5.55. The molecule has 0 unspecified atom stereocenters. The van der Waals surface area contributed by atoms with Gasteiger partial charge in [0.15, 0.2) is 0 Å². The summed E-state index contributed by atoms with van der Waals surface area (Å²) in [5.41, 5.74) is 1.27. The molecule has 0 heterocycles. The van der Waals surface area contributed by atoms with Crippen molar-refractivity contribution in [2.45, 2.75) is 32.6 Å². The van der Waals surface area contributed by atoms with E-state index in [9.17, 15) is 4.79 Å². The van der Waals surface area contributed by atoms with Crippen LogP contribution in [-0.4, -0.2) is 12.5 Å². The summed E-state index contributed by atoms with van der Waals surface area (Å²) in [4.78, 5) is 11.3. The Morgan fingerprint density at radius 2 is 2.00 bits per heavy atom. The molecule has 15 heavy (non-hydrogen) atoms. The maximum atomic E-state index is 11.3. The maximum Gasteiger partial charge on any atom is 0.220 e. The summed E-state index contributed by atoms with van der Waals surface area (Å²) in [6.45, 7) is 4.87. The van der Waals surface area contributed by atoms with Gasteiger partial charge in [-0.2, -0.15) is 0 Å². The third-order valence-electron chi connectivity index (χ3n) is 2.45. The second kappa shape index (κ2) is 6.23. The number of carbonyl (C=O) groups excluding carboxylic acids is 1. The number of nitrogens with one attached hydrogen (secondary N) is 1. The molecule has 0 fully saturated rings. The van der Waals surface area contributed by atoms with Gasteiger partial charge in [-0.1, -0.05) is 44.2 Å². The van der Waals surface area contributed by atoms with Gasteiger partial charge in [0.2, 0.25) is 5.91 Å². The first-order valence-electron chi connectivity index (χ1n) is 5.55. The lowest BCUT2D eigenvalue weighted by atomic mass is 10.0. The maximum absolute atomic E-state index is 11.3. The molecule has 1 aromatic rings. The van der Waals surface area contributed by atoms with Crippen LogP contribution in [-0.2, 0) is 4.79 Å². The number of rotatable bonds is 5. The molecule has 0 aliphatic rings. The van der Waals surface area contributed by atoms with E-state index in [-0.39, 0.29) is 5.91 Å². The minimum Gasteiger partial charge on any atom is -0.356 e. The van der Waals surface area contributed by atoms with Gasteiger partial charge in [-0.25, -0.2) is 0 Å². The van der Waals surface area contributed by atoms with E-state index in [1.54, 1.807) is 0 Å². The van der Waals surface area contributed by atoms with Crippen molar-refractivity contribution in [3.05, 3.63) is 35.9 Å². The standard InChI is InChI=1S/C13H19NO/c1-3-7-13(15)14-10-11(2)12-8-5-4-6-9-12/h4-6,8-9,11H,3,7,10H2,1-2H3,(H,14,15)/t11-/m0/s1. The lowest BCUT2D eigenvalue weighted by Gasteiger charge is -2.12. The fraction of sp³-hybridized carbons (Fsp3) is 0.462. The third-order valence-corrected chi connectivity index (χ3v) is 2.45. The molecule has 0 saturated heterocycles. The Balaban J connectivity index is 2.37. The summed E-state index contributed by atoms with van der Waals surface area (Å²) in [5.74, 6) is 0.535. The molecular weight excluding hydrogens is 186 g/mol. The molecule has 2 nitrogen and oxygen atoms in total. The number of hydrogen-bond acceptors (Lipinski definition) is 1. The summed E-state index contributed by atoms with van der Waals surface area (Å²) in [6, 6.07) is 10.2. The summed E-state index contributed by atoms with van der Waals surface area (Å²) in [5, 5.41) is 2.94. The zero-order valence-corrected chi connectivity index (χ0v) is 9.49. The lowest BCUT2D eigenvalue weighted by molar-refractivity contribution is -0.121. The minimum atomic E-state index is 0.153. The van der Waals surface area contributed by atoms with Gasteiger partial charge >= 0.3 is 0 Å². The highest BCUT2D eigenvalue weighted by Crippen LogP contribution is 2.12. The number of benzene rings is 1. The SMILES string of the molecule is CCCC(=O)NC[C@H](C)c1ccccc1. The minimum absolute atomic E-state index is 0.153. The molecule has 0 saturated carbocycles. The molecule has 0 spiro atoms. The Morgan fingerprint density at radius 3 is 2.60 bits per heavy atom. The largest absolute Gasteiger partial charge is 0.356 e. The van der Waals surface area contributed by atoms with E-state index in [4.69, 9.17) is 0 Å². The summed E-state index contributed by atoms with van der Waals surface area (Å²) in [6.07, 6.45) is 1.53. The molecule has 1 rings (SSSR count). The molecule has 2 heteroatoms. The predicted molar refractivity (Wildman–Crippen MR) is 62.8 cm³/mol. The van der Waals surface area contributed by atoms with Crippen LogP contribution in [0.1, 0.15) is 38.2 Å². The van der Waals surface area contributed by atoms with E-state index in [1.165, 1.54) is 5.56 Å². The molecule has 0 bridgehead atoms. The first-order chi connectivity index (χ1) is 7.24. The van der Waals surface area contributed by atoms with Crippen LogP contribution in [0.4, 0.5) is 0 Å². The van der Waals surface area contributed by atoms with E-state index < -0.39 is 0 Å². The van der Waals surface area contributed by atoms with Gasteiger partial charge in [0, 0.05) is 13.0 Å². The molecule has 1 aromatic carbocycles. The summed E-state index contributed by atoms with van der Waals surface area (Å²) < 4.78 is 0. The van der Waals surface area contributed by atoms with E-state index in [2.05, 4.69) is 24.4 Å². The molecule has 0 aliphatic carbocycles. The molecule has 82 valence electrons. The molecule has 0 aliphatic heterocycles. The van der Waals surface area contributed by atoms with Crippen LogP contribution in [0.2, 0.25) is 0 Å². The quantitative estimate of drug-likeness (QED) is 0.786. The topological polar surface area (TPSA) is 29.1 Å². The Labute approximate surface area is 91.7 Å². The summed E-state index contributed by atoms with van der Waals surface area (Å²) >= 11 is 0. The van der Waals surface area contributed by atoms with Crippen molar-refractivity contribution in [1.29, 1.82) is 0 Å². The van der Waals surface area contributed by atoms with Crippen molar-refractivity contribution in [3.63, 3.8) is 0 Å². The molecule has 1 amide bonds. The highest BCUT2D eigenvalue weighted by Gasteiger charge is 2.06. The normalized spacial score (nSPS) is 12.1. The number of hydrogen-bond donors (Lipinski definition) is 1. The third kappa shape index (κ3) is 4.15. The van der Waals surface area contributed by atoms with Gasteiger partial charge in [0.05, 0.1) is 0 Å². The van der Waals surface area contributed by atoms with Crippen LogP contribution in [0.25, 0.3) is 0 Å². The number of carbonyl (C=O) groups is 1. The average Bonchev–Trinajstić information content (AvgIpc) is 2.27.